The van der Waals surface area contributed by atoms with Crippen LogP contribution in [-0.2, 0) is 4.79 Å². The molecule has 92 valence electrons. The maximum Gasteiger partial charge on any atom is 0.308 e. The summed E-state index contributed by atoms with van der Waals surface area (Å²) in [4.78, 5) is 10.8. The van der Waals surface area contributed by atoms with Crippen molar-refractivity contribution in [2.45, 2.75) is 51.6 Å². The van der Waals surface area contributed by atoms with Gasteiger partial charge in [-0.25, -0.2) is 0 Å². The van der Waals surface area contributed by atoms with Crippen LogP contribution in [-0.4, -0.2) is 22.3 Å². The molecule has 3 atom stereocenters. The average molecular weight is 226 g/mol. The van der Waals surface area contributed by atoms with Gasteiger partial charge in [-0.3, -0.25) is 4.79 Å². The number of fused-ring (bicyclic) bond motifs is 3. The van der Waals surface area contributed by atoms with Gasteiger partial charge in [0.05, 0.1) is 12.0 Å². The van der Waals surface area contributed by atoms with Crippen LogP contribution in [0, 0.1) is 23.7 Å². The van der Waals surface area contributed by atoms with E-state index in [9.17, 15) is 9.90 Å². The Balaban J connectivity index is 1.87. The second-order valence-electron chi connectivity index (χ2n) is 5.71. The maximum absolute atomic E-state index is 10.8. The monoisotopic (exact) mass is 226 g/mol. The van der Waals surface area contributed by atoms with Crippen molar-refractivity contribution in [1.29, 1.82) is 0 Å². The number of aliphatic hydroxyl groups excluding tert-OH is 1. The summed E-state index contributed by atoms with van der Waals surface area (Å²) in [5.74, 6) is 0.668. The van der Waals surface area contributed by atoms with Gasteiger partial charge in [0.1, 0.15) is 0 Å². The first kappa shape index (κ1) is 11.9. The zero-order valence-corrected chi connectivity index (χ0v) is 9.93. The highest BCUT2D eigenvalue weighted by Crippen LogP contribution is 2.46. The number of carboxylic acid groups (broad SMARTS) is 1. The van der Waals surface area contributed by atoms with E-state index in [2.05, 4.69) is 0 Å². The lowest BCUT2D eigenvalue weighted by Gasteiger charge is -2.43. The topological polar surface area (TPSA) is 57.5 Å². The Labute approximate surface area is 96.9 Å². The Morgan fingerprint density at radius 2 is 1.94 bits per heavy atom. The first-order valence-electron chi connectivity index (χ1n) is 6.48. The van der Waals surface area contributed by atoms with Crippen LogP contribution in [0.5, 0.6) is 0 Å². The zero-order valence-electron chi connectivity index (χ0n) is 9.93. The van der Waals surface area contributed by atoms with Crippen molar-refractivity contribution in [2.24, 2.45) is 23.7 Å². The Bertz CT molecular complexity index is 256. The summed E-state index contributed by atoms with van der Waals surface area (Å²) in [6, 6.07) is 0. The van der Waals surface area contributed by atoms with Gasteiger partial charge in [0, 0.05) is 0 Å². The third kappa shape index (κ3) is 2.40. The molecule has 0 aromatic heterocycles. The summed E-state index contributed by atoms with van der Waals surface area (Å²) in [6.07, 6.45) is 6.54. The smallest absolute Gasteiger partial charge is 0.308 e. The third-order valence-electron chi connectivity index (χ3n) is 4.71. The molecule has 0 amide bonds. The van der Waals surface area contributed by atoms with Crippen LogP contribution >= 0.6 is 0 Å². The van der Waals surface area contributed by atoms with E-state index in [1.165, 1.54) is 32.1 Å². The van der Waals surface area contributed by atoms with Crippen molar-refractivity contribution in [3.63, 3.8) is 0 Å². The Kier molecular flexibility index (Phi) is 3.53. The number of rotatable bonds is 4. The Morgan fingerprint density at radius 3 is 2.38 bits per heavy atom. The summed E-state index contributed by atoms with van der Waals surface area (Å²) in [6.45, 7) is 1.61. The fourth-order valence-electron chi connectivity index (χ4n) is 3.48. The van der Waals surface area contributed by atoms with Crippen LogP contribution in [0.3, 0.4) is 0 Å². The van der Waals surface area contributed by atoms with E-state index in [1.807, 2.05) is 0 Å². The van der Waals surface area contributed by atoms with E-state index in [-0.39, 0.29) is 0 Å². The maximum atomic E-state index is 10.8. The second kappa shape index (κ2) is 4.74. The average Bonchev–Trinajstić information content (AvgIpc) is 2.29. The zero-order chi connectivity index (χ0) is 11.7. The molecular formula is C13H22O3. The molecular weight excluding hydrogens is 204 g/mol. The number of aliphatic carboxylic acids is 1. The summed E-state index contributed by atoms with van der Waals surface area (Å²) < 4.78 is 0. The summed E-state index contributed by atoms with van der Waals surface area (Å²) in [5, 5.41) is 18.7. The molecule has 3 nitrogen and oxygen atoms in total. The van der Waals surface area contributed by atoms with Crippen molar-refractivity contribution in [3.8, 4) is 0 Å². The van der Waals surface area contributed by atoms with Gasteiger partial charge >= 0.3 is 5.97 Å². The van der Waals surface area contributed by atoms with Crippen LogP contribution in [0.1, 0.15) is 45.4 Å². The lowest BCUT2D eigenvalue weighted by molar-refractivity contribution is -0.145. The van der Waals surface area contributed by atoms with Gasteiger partial charge in [-0.2, -0.15) is 0 Å². The van der Waals surface area contributed by atoms with Crippen molar-refractivity contribution < 1.29 is 15.0 Å². The van der Waals surface area contributed by atoms with Crippen molar-refractivity contribution in [3.05, 3.63) is 0 Å². The van der Waals surface area contributed by atoms with Crippen LogP contribution in [0.25, 0.3) is 0 Å². The van der Waals surface area contributed by atoms with Crippen LogP contribution < -0.4 is 0 Å². The van der Waals surface area contributed by atoms with Gasteiger partial charge in [0.25, 0.3) is 0 Å². The number of carbonyl (C=O) groups is 1. The standard InChI is InChI=1S/C13H22O3/c1-8(13(15)16)12(14)7-11-6-9-2-4-10(11)5-3-9/h8-12,14H,2-7H2,1H3,(H,15,16)/t8-,9?,10?,11?,12-/m1/s1. The number of carboxylic acids is 1. The molecule has 0 radical (unpaired) electrons. The lowest BCUT2D eigenvalue weighted by Crippen LogP contribution is -2.36. The molecule has 2 bridgehead atoms. The summed E-state index contributed by atoms with van der Waals surface area (Å²) in [7, 11) is 0. The van der Waals surface area contributed by atoms with E-state index < -0.39 is 18.0 Å². The first-order chi connectivity index (χ1) is 7.58. The van der Waals surface area contributed by atoms with E-state index >= 15 is 0 Å². The van der Waals surface area contributed by atoms with Crippen LogP contribution in [0.4, 0.5) is 0 Å². The number of hydrogen-bond acceptors (Lipinski definition) is 2. The minimum atomic E-state index is -0.881. The van der Waals surface area contributed by atoms with Crippen molar-refractivity contribution >= 4 is 5.97 Å². The van der Waals surface area contributed by atoms with E-state index in [4.69, 9.17) is 5.11 Å². The normalized spacial score (nSPS) is 37.0. The Hall–Kier alpha value is -0.570. The van der Waals surface area contributed by atoms with E-state index in [0.29, 0.717) is 12.3 Å². The molecule has 16 heavy (non-hydrogen) atoms. The summed E-state index contributed by atoms with van der Waals surface area (Å²) >= 11 is 0. The quantitative estimate of drug-likeness (QED) is 0.773. The highest BCUT2D eigenvalue weighted by Gasteiger charge is 2.37. The minimum Gasteiger partial charge on any atom is -0.481 e. The molecule has 3 fully saturated rings. The van der Waals surface area contributed by atoms with Crippen molar-refractivity contribution in [2.75, 3.05) is 0 Å². The molecule has 3 saturated carbocycles. The van der Waals surface area contributed by atoms with Gasteiger partial charge in [-0.05, 0) is 50.4 Å². The molecule has 0 aliphatic heterocycles. The molecule has 0 heterocycles. The molecule has 0 saturated heterocycles. The van der Waals surface area contributed by atoms with Gasteiger partial charge in [0.2, 0.25) is 0 Å². The fraction of sp³-hybridized carbons (Fsp3) is 0.923. The minimum absolute atomic E-state index is 0.573. The van der Waals surface area contributed by atoms with Crippen LogP contribution in [0.15, 0.2) is 0 Å². The highest BCUT2D eigenvalue weighted by atomic mass is 16.4. The molecule has 3 aliphatic carbocycles. The van der Waals surface area contributed by atoms with Crippen molar-refractivity contribution in [1.82, 2.24) is 0 Å². The van der Waals surface area contributed by atoms with Gasteiger partial charge in [-0.1, -0.05) is 12.8 Å². The van der Waals surface area contributed by atoms with Gasteiger partial charge in [-0.15, -0.1) is 0 Å². The molecule has 3 rings (SSSR count). The van der Waals surface area contributed by atoms with Gasteiger partial charge < -0.3 is 10.2 Å². The predicted molar refractivity (Wildman–Crippen MR) is 61.0 cm³/mol. The largest absolute Gasteiger partial charge is 0.481 e. The molecule has 3 aliphatic rings. The molecule has 3 heteroatoms. The van der Waals surface area contributed by atoms with E-state index in [0.717, 1.165) is 11.8 Å². The molecule has 2 N–H and O–H groups in total. The molecule has 0 aromatic carbocycles. The summed E-state index contributed by atoms with van der Waals surface area (Å²) in [5.41, 5.74) is 0. The lowest BCUT2D eigenvalue weighted by atomic mass is 9.63. The Morgan fingerprint density at radius 1 is 1.31 bits per heavy atom. The fourth-order valence-corrected chi connectivity index (χ4v) is 3.48. The number of aliphatic hydroxyl groups is 1. The predicted octanol–water partition coefficient (Wildman–Crippen LogP) is 2.28. The first-order valence-corrected chi connectivity index (χ1v) is 6.48. The molecule has 1 unspecified atom stereocenters. The highest BCUT2D eigenvalue weighted by molar-refractivity contribution is 5.70. The number of hydrogen-bond donors (Lipinski definition) is 2. The second-order valence-corrected chi connectivity index (χ2v) is 5.71. The molecule has 0 aromatic rings. The van der Waals surface area contributed by atoms with Gasteiger partial charge in [0.15, 0.2) is 0 Å². The van der Waals surface area contributed by atoms with Crippen LogP contribution in [0.2, 0.25) is 0 Å². The molecule has 0 spiro atoms. The van der Waals surface area contributed by atoms with E-state index in [1.54, 1.807) is 6.92 Å². The third-order valence-corrected chi connectivity index (χ3v) is 4.71. The SMILES string of the molecule is C[C@@H](C(=O)O)[C@H](O)CC1CC2CCC1CC2.